The lowest BCUT2D eigenvalue weighted by molar-refractivity contribution is 0.528. The van der Waals surface area contributed by atoms with Gasteiger partial charge in [-0.3, -0.25) is 0 Å². The van der Waals surface area contributed by atoms with Crippen molar-refractivity contribution in [3.05, 3.63) is 57.8 Å². The van der Waals surface area contributed by atoms with Crippen LogP contribution in [0.2, 0.25) is 0 Å². The second-order valence-electron chi connectivity index (χ2n) is 4.70. The molecule has 2 rings (SSSR count). The van der Waals surface area contributed by atoms with Crippen LogP contribution in [0.15, 0.2) is 41.1 Å². The van der Waals surface area contributed by atoms with Gasteiger partial charge in [-0.15, -0.1) is 0 Å². The molecule has 1 N–H and O–H groups in total. The Labute approximate surface area is 114 Å². The SMILES string of the molecule is CCCNC(Cc1ccsc1)c1ccccc1C. The maximum absolute atomic E-state index is 3.67. The van der Waals surface area contributed by atoms with Crippen molar-refractivity contribution < 1.29 is 0 Å². The summed E-state index contributed by atoms with van der Waals surface area (Å²) >= 11 is 1.78. The van der Waals surface area contributed by atoms with E-state index in [1.807, 2.05) is 0 Å². The van der Waals surface area contributed by atoms with Crippen LogP contribution < -0.4 is 5.32 Å². The smallest absolute Gasteiger partial charge is 0.0363 e. The minimum atomic E-state index is 0.431. The second kappa shape index (κ2) is 6.72. The average Bonchev–Trinajstić information content (AvgIpc) is 2.88. The Morgan fingerprint density at radius 1 is 1.22 bits per heavy atom. The highest BCUT2D eigenvalue weighted by Gasteiger charge is 2.13. The van der Waals surface area contributed by atoms with E-state index in [0.29, 0.717) is 6.04 Å². The van der Waals surface area contributed by atoms with E-state index in [2.05, 4.69) is 60.3 Å². The summed E-state index contributed by atoms with van der Waals surface area (Å²) in [6.07, 6.45) is 2.25. The van der Waals surface area contributed by atoms with Crippen LogP contribution in [-0.4, -0.2) is 6.54 Å². The van der Waals surface area contributed by atoms with Crippen LogP contribution in [0.25, 0.3) is 0 Å². The molecule has 1 atom stereocenters. The van der Waals surface area contributed by atoms with Gasteiger partial charge in [-0.05, 0) is 59.8 Å². The molecule has 0 radical (unpaired) electrons. The molecule has 1 aromatic heterocycles. The second-order valence-corrected chi connectivity index (χ2v) is 5.48. The Kier molecular flexibility index (Phi) is 4.97. The van der Waals surface area contributed by atoms with E-state index < -0.39 is 0 Å². The Morgan fingerprint density at radius 2 is 2.06 bits per heavy atom. The van der Waals surface area contributed by atoms with Crippen LogP contribution in [-0.2, 0) is 6.42 Å². The van der Waals surface area contributed by atoms with Crippen LogP contribution in [0.1, 0.15) is 36.1 Å². The molecule has 1 aromatic carbocycles. The van der Waals surface area contributed by atoms with Crippen molar-refractivity contribution >= 4 is 11.3 Å². The molecule has 0 saturated heterocycles. The first kappa shape index (κ1) is 13.3. The Morgan fingerprint density at radius 3 is 2.72 bits per heavy atom. The first-order valence-corrected chi connectivity index (χ1v) is 7.55. The number of benzene rings is 1. The predicted molar refractivity (Wildman–Crippen MR) is 80.2 cm³/mol. The minimum absolute atomic E-state index is 0.431. The lowest BCUT2D eigenvalue weighted by Crippen LogP contribution is -2.24. The molecule has 0 aliphatic heterocycles. The van der Waals surface area contributed by atoms with E-state index in [-0.39, 0.29) is 0 Å². The van der Waals surface area contributed by atoms with Crippen LogP contribution in [0.3, 0.4) is 0 Å². The van der Waals surface area contributed by atoms with E-state index in [4.69, 9.17) is 0 Å². The fourth-order valence-electron chi connectivity index (χ4n) is 2.23. The highest BCUT2D eigenvalue weighted by molar-refractivity contribution is 7.07. The number of aryl methyl sites for hydroxylation is 1. The largest absolute Gasteiger partial charge is 0.310 e. The van der Waals surface area contributed by atoms with E-state index in [1.54, 1.807) is 11.3 Å². The summed E-state index contributed by atoms with van der Waals surface area (Å²) in [5.74, 6) is 0. The summed E-state index contributed by atoms with van der Waals surface area (Å²) in [7, 11) is 0. The zero-order valence-corrected chi connectivity index (χ0v) is 12.0. The summed E-state index contributed by atoms with van der Waals surface area (Å²) in [5.41, 5.74) is 4.23. The monoisotopic (exact) mass is 259 g/mol. The molecule has 1 nitrogen and oxygen atoms in total. The molecule has 0 amide bonds. The lowest BCUT2D eigenvalue weighted by Gasteiger charge is -2.20. The van der Waals surface area contributed by atoms with E-state index in [1.165, 1.54) is 23.1 Å². The van der Waals surface area contributed by atoms with Gasteiger partial charge < -0.3 is 5.32 Å². The first-order chi connectivity index (χ1) is 8.81. The zero-order chi connectivity index (χ0) is 12.8. The van der Waals surface area contributed by atoms with Gasteiger partial charge in [0, 0.05) is 6.04 Å². The van der Waals surface area contributed by atoms with E-state index in [9.17, 15) is 0 Å². The highest BCUT2D eigenvalue weighted by atomic mass is 32.1. The van der Waals surface area contributed by atoms with Gasteiger partial charge in [-0.25, -0.2) is 0 Å². The van der Waals surface area contributed by atoms with Crippen molar-refractivity contribution in [1.82, 2.24) is 5.32 Å². The van der Waals surface area contributed by atoms with Gasteiger partial charge in [0.1, 0.15) is 0 Å². The van der Waals surface area contributed by atoms with Gasteiger partial charge in [0.25, 0.3) is 0 Å². The normalized spacial score (nSPS) is 12.6. The van der Waals surface area contributed by atoms with Crippen molar-refractivity contribution in [1.29, 1.82) is 0 Å². The third-order valence-corrected chi connectivity index (χ3v) is 3.96. The van der Waals surface area contributed by atoms with Crippen molar-refractivity contribution in [3.63, 3.8) is 0 Å². The van der Waals surface area contributed by atoms with Crippen molar-refractivity contribution in [2.24, 2.45) is 0 Å². The Bertz CT molecular complexity index is 462. The minimum Gasteiger partial charge on any atom is -0.310 e. The molecular weight excluding hydrogens is 238 g/mol. The summed E-state index contributed by atoms with van der Waals surface area (Å²) < 4.78 is 0. The fraction of sp³-hybridized carbons (Fsp3) is 0.375. The standard InChI is InChI=1S/C16H21NS/c1-3-9-17-16(11-14-8-10-18-12-14)15-7-5-4-6-13(15)2/h4-8,10,12,16-17H,3,9,11H2,1-2H3. The third kappa shape index (κ3) is 3.44. The van der Waals surface area contributed by atoms with Gasteiger partial charge >= 0.3 is 0 Å². The average molecular weight is 259 g/mol. The third-order valence-electron chi connectivity index (χ3n) is 3.22. The number of thiophene rings is 1. The topological polar surface area (TPSA) is 12.0 Å². The van der Waals surface area contributed by atoms with Gasteiger partial charge in [0.15, 0.2) is 0 Å². The van der Waals surface area contributed by atoms with Crippen LogP contribution in [0.5, 0.6) is 0 Å². The van der Waals surface area contributed by atoms with Gasteiger partial charge in [0.2, 0.25) is 0 Å². The molecule has 1 heterocycles. The van der Waals surface area contributed by atoms with Gasteiger partial charge in [-0.2, -0.15) is 11.3 Å². The molecule has 0 aliphatic rings. The van der Waals surface area contributed by atoms with Gasteiger partial charge in [-0.1, -0.05) is 31.2 Å². The summed E-state index contributed by atoms with van der Waals surface area (Å²) in [6, 6.07) is 11.3. The maximum Gasteiger partial charge on any atom is 0.0363 e. The van der Waals surface area contributed by atoms with Crippen LogP contribution in [0.4, 0.5) is 0 Å². The first-order valence-electron chi connectivity index (χ1n) is 6.61. The maximum atomic E-state index is 3.67. The molecular formula is C16H21NS. The molecule has 18 heavy (non-hydrogen) atoms. The van der Waals surface area contributed by atoms with E-state index >= 15 is 0 Å². The molecule has 2 aromatic rings. The Hall–Kier alpha value is -1.12. The molecule has 0 bridgehead atoms. The van der Waals surface area contributed by atoms with Crippen LogP contribution >= 0.6 is 11.3 Å². The van der Waals surface area contributed by atoms with Crippen molar-refractivity contribution in [3.8, 4) is 0 Å². The molecule has 0 spiro atoms. The summed E-state index contributed by atoms with van der Waals surface area (Å²) in [6.45, 7) is 5.49. The van der Waals surface area contributed by atoms with Crippen molar-refractivity contribution in [2.45, 2.75) is 32.7 Å². The zero-order valence-electron chi connectivity index (χ0n) is 11.1. The molecule has 0 aliphatic carbocycles. The molecule has 96 valence electrons. The van der Waals surface area contributed by atoms with Gasteiger partial charge in [0.05, 0.1) is 0 Å². The number of nitrogens with one attached hydrogen (secondary N) is 1. The van der Waals surface area contributed by atoms with Crippen molar-refractivity contribution in [2.75, 3.05) is 6.54 Å². The Balaban J connectivity index is 2.16. The van der Waals surface area contributed by atoms with Crippen LogP contribution in [0, 0.1) is 6.92 Å². The summed E-state index contributed by atoms with van der Waals surface area (Å²) in [5, 5.41) is 8.08. The molecule has 2 heteroatoms. The molecule has 1 unspecified atom stereocenters. The summed E-state index contributed by atoms with van der Waals surface area (Å²) in [4.78, 5) is 0. The number of hydrogen-bond donors (Lipinski definition) is 1. The number of rotatable bonds is 6. The quantitative estimate of drug-likeness (QED) is 0.813. The number of hydrogen-bond acceptors (Lipinski definition) is 2. The molecule has 0 saturated carbocycles. The van der Waals surface area contributed by atoms with E-state index in [0.717, 1.165) is 13.0 Å². The predicted octanol–water partition coefficient (Wildman–Crippen LogP) is 4.34. The lowest BCUT2D eigenvalue weighted by atomic mass is 9.96. The molecule has 0 fully saturated rings. The highest BCUT2D eigenvalue weighted by Crippen LogP contribution is 2.22. The fourth-order valence-corrected chi connectivity index (χ4v) is 2.91.